The minimum atomic E-state index is 0.614. The van der Waals surface area contributed by atoms with Crippen molar-refractivity contribution >= 4 is 43.6 Å². The second-order valence-electron chi connectivity index (χ2n) is 11.1. The topological polar surface area (TPSA) is 64.7 Å². The van der Waals surface area contributed by atoms with Gasteiger partial charge in [0, 0.05) is 33.7 Å². The summed E-state index contributed by atoms with van der Waals surface area (Å²) in [4.78, 5) is 19.8. The van der Waals surface area contributed by atoms with Gasteiger partial charge in [0.1, 0.15) is 11.1 Å². The molecule has 0 radical (unpaired) electrons. The number of benzene rings is 6. The first-order valence-electron chi connectivity index (χ1n) is 14.9. The summed E-state index contributed by atoms with van der Waals surface area (Å²) in [7, 11) is 0. The molecular formula is C40H24N4O. The van der Waals surface area contributed by atoms with E-state index in [4.69, 9.17) is 24.4 Å². The van der Waals surface area contributed by atoms with Crippen LogP contribution in [0.2, 0.25) is 0 Å². The quantitative estimate of drug-likeness (QED) is 0.209. The van der Waals surface area contributed by atoms with Gasteiger partial charge in [0.05, 0.1) is 5.39 Å². The number of nitrogens with zero attached hydrogens (tertiary/aromatic N) is 4. The standard InChI is InChI=1S/C40H24N4O/c1-3-12-25(13-4-1)38-42-39(26-14-5-2-6-15-26)44-40(43-38)29-22-27-16-7-9-18-30(27)33(23-29)32-20-11-21-34-35(32)36-37(45-34)31-19-10-8-17-28(31)24-41-36/h1-24H. The number of hydrogen-bond donors (Lipinski definition) is 0. The van der Waals surface area contributed by atoms with Crippen molar-refractivity contribution in [1.29, 1.82) is 0 Å². The van der Waals surface area contributed by atoms with E-state index in [1.54, 1.807) is 0 Å². The zero-order chi connectivity index (χ0) is 29.7. The molecule has 0 saturated carbocycles. The van der Waals surface area contributed by atoms with E-state index in [1.165, 1.54) is 0 Å². The van der Waals surface area contributed by atoms with Crippen molar-refractivity contribution in [2.45, 2.75) is 0 Å². The predicted octanol–water partition coefficient (Wildman–Crippen LogP) is 10.1. The zero-order valence-electron chi connectivity index (χ0n) is 24.1. The highest BCUT2D eigenvalue weighted by Gasteiger charge is 2.19. The average Bonchev–Trinajstić information content (AvgIpc) is 3.51. The summed E-state index contributed by atoms with van der Waals surface area (Å²) in [5, 5.41) is 5.32. The molecule has 0 bridgehead atoms. The minimum Gasteiger partial charge on any atom is -0.454 e. The molecule has 0 amide bonds. The monoisotopic (exact) mass is 576 g/mol. The summed E-state index contributed by atoms with van der Waals surface area (Å²) in [6, 6.07) is 47.4. The fourth-order valence-electron chi connectivity index (χ4n) is 6.21. The van der Waals surface area contributed by atoms with E-state index in [9.17, 15) is 0 Å². The van der Waals surface area contributed by atoms with Gasteiger partial charge in [-0.25, -0.2) is 15.0 Å². The van der Waals surface area contributed by atoms with Crippen molar-refractivity contribution in [1.82, 2.24) is 19.9 Å². The van der Waals surface area contributed by atoms with E-state index in [-0.39, 0.29) is 0 Å². The Morgan fingerprint density at radius 3 is 1.76 bits per heavy atom. The zero-order valence-corrected chi connectivity index (χ0v) is 24.1. The first kappa shape index (κ1) is 25.3. The van der Waals surface area contributed by atoms with Gasteiger partial charge in [-0.3, -0.25) is 4.98 Å². The summed E-state index contributed by atoms with van der Waals surface area (Å²) in [5.74, 6) is 1.88. The van der Waals surface area contributed by atoms with Crippen molar-refractivity contribution in [3.05, 3.63) is 146 Å². The Hall–Kier alpha value is -6.20. The molecule has 0 unspecified atom stereocenters. The maximum atomic E-state index is 6.49. The fourth-order valence-corrected chi connectivity index (χ4v) is 6.21. The van der Waals surface area contributed by atoms with Crippen molar-refractivity contribution in [3.63, 3.8) is 0 Å². The van der Waals surface area contributed by atoms with Gasteiger partial charge in [-0.1, -0.05) is 121 Å². The van der Waals surface area contributed by atoms with Crippen LogP contribution < -0.4 is 0 Å². The van der Waals surface area contributed by atoms with Crippen LogP contribution in [0.3, 0.4) is 0 Å². The molecule has 0 atom stereocenters. The van der Waals surface area contributed by atoms with Crippen LogP contribution in [-0.2, 0) is 0 Å². The van der Waals surface area contributed by atoms with Crippen molar-refractivity contribution in [2.24, 2.45) is 0 Å². The minimum absolute atomic E-state index is 0.614. The fraction of sp³-hybridized carbons (Fsp3) is 0. The molecule has 0 aliphatic rings. The lowest BCUT2D eigenvalue weighted by Gasteiger charge is -2.13. The van der Waals surface area contributed by atoms with Crippen molar-refractivity contribution < 1.29 is 4.42 Å². The molecule has 5 nitrogen and oxygen atoms in total. The third kappa shape index (κ3) is 4.25. The van der Waals surface area contributed by atoms with Crippen molar-refractivity contribution in [2.75, 3.05) is 0 Å². The highest BCUT2D eigenvalue weighted by atomic mass is 16.3. The Bertz CT molecular complexity index is 2480. The van der Waals surface area contributed by atoms with Gasteiger partial charge in [-0.2, -0.15) is 0 Å². The molecule has 3 heterocycles. The molecule has 9 rings (SSSR count). The van der Waals surface area contributed by atoms with E-state index in [1.807, 2.05) is 91.1 Å². The first-order chi connectivity index (χ1) is 22.3. The van der Waals surface area contributed by atoms with Crippen LogP contribution in [0.15, 0.2) is 150 Å². The lowest BCUT2D eigenvalue weighted by atomic mass is 9.93. The number of aromatic nitrogens is 4. The lowest BCUT2D eigenvalue weighted by molar-refractivity contribution is 0.672. The van der Waals surface area contributed by atoms with Crippen LogP contribution in [0.5, 0.6) is 0 Å². The molecule has 45 heavy (non-hydrogen) atoms. The molecule has 9 aromatic rings. The molecule has 0 N–H and O–H groups in total. The highest BCUT2D eigenvalue weighted by Crippen LogP contribution is 2.42. The summed E-state index contributed by atoms with van der Waals surface area (Å²) in [6.45, 7) is 0. The molecule has 0 fully saturated rings. The molecule has 6 aromatic carbocycles. The number of hydrogen-bond acceptors (Lipinski definition) is 5. The Morgan fingerprint density at radius 1 is 0.444 bits per heavy atom. The summed E-state index contributed by atoms with van der Waals surface area (Å²) in [5.41, 5.74) is 7.35. The van der Waals surface area contributed by atoms with Gasteiger partial charge in [-0.05, 0) is 40.1 Å². The number of pyridine rings is 1. The smallest absolute Gasteiger partial charge is 0.164 e. The molecule has 0 aliphatic carbocycles. The number of fused-ring (bicyclic) bond motifs is 6. The Morgan fingerprint density at radius 2 is 1.04 bits per heavy atom. The van der Waals surface area contributed by atoms with Crippen LogP contribution in [0, 0.1) is 0 Å². The maximum absolute atomic E-state index is 6.49. The van der Waals surface area contributed by atoms with Crippen LogP contribution in [0.1, 0.15) is 0 Å². The largest absolute Gasteiger partial charge is 0.454 e. The van der Waals surface area contributed by atoms with E-state index < -0.39 is 0 Å². The molecule has 0 spiro atoms. The predicted molar refractivity (Wildman–Crippen MR) is 182 cm³/mol. The molecular weight excluding hydrogens is 552 g/mol. The van der Waals surface area contributed by atoms with Crippen molar-refractivity contribution in [3.8, 4) is 45.3 Å². The van der Waals surface area contributed by atoms with Gasteiger partial charge in [0.25, 0.3) is 0 Å². The Balaban J connectivity index is 1.32. The van der Waals surface area contributed by atoms with Crippen LogP contribution in [-0.4, -0.2) is 19.9 Å². The number of rotatable bonds is 4. The normalized spacial score (nSPS) is 11.6. The van der Waals surface area contributed by atoms with E-state index >= 15 is 0 Å². The number of furan rings is 1. The van der Waals surface area contributed by atoms with Crippen LogP contribution in [0.25, 0.3) is 88.9 Å². The SMILES string of the molecule is c1ccc(-c2nc(-c3ccccc3)nc(-c3cc(-c4cccc5oc6c7ccccc7cnc6c45)c4ccccc4c3)n2)cc1. The Labute approximate surface area is 258 Å². The third-order valence-corrected chi connectivity index (χ3v) is 8.34. The average molecular weight is 577 g/mol. The molecule has 0 saturated heterocycles. The van der Waals surface area contributed by atoms with E-state index in [0.29, 0.717) is 17.5 Å². The molecule has 5 heteroatoms. The van der Waals surface area contributed by atoms with Gasteiger partial charge < -0.3 is 4.42 Å². The van der Waals surface area contributed by atoms with Gasteiger partial charge in [0.2, 0.25) is 0 Å². The summed E-state index contributed by atoms with van der Waals surface area (Å²) >= 11 is 0. The van der Waals surface area contributed by atoms with Gasteiger partial charge in [-0.15, -0.1) is 0 Å². The lowest BCUT2D eigenvalue weighted by Crippen LogP contribution is -2.00. The van der Waals surface area contributed by atoms with E-state index in [0.717, 1.165) is 71.4 Å². The molecule has 210 valence electrons. The first-order valence-corrected chi connectivity index (χ1v) is 14.9. The van der Waals surface area contributed by atoms with Crippen LogP contribution >= 0.6 is 0 Å². The second-order valence-corrected chi connectivity index (χ2v) is 11.1. The maximum Gasteiger partial charge on any atom is 0.164 e. The highest BCUT2D eigenvalue weighted by molar-refractivity contribution is 6.19. The second kappa shape index (κ2) is 10.2. The van der Waals surface area contributed by atoms with Crippen LogP contribution in [0.4, 0.5) is 0 Å². The Kier molecular flexibility index (Phi) is 5.74. The van der Waals surface area contributed by atoms with Gasteiger partial charge in [0.15, 0.2) is 23.1 Å². The summed E-state index contributed by atoms with van der Waals surface area (Å²) < 4.78 is 6.49. The molecule has 0 aliphatic heterocycles. The third-order valence-electron chi connectivity index (χ3n) is 8.34. The molecule has 3 aromatic heterocycles. The van der Waals surface area contributed by atoms with E-state index in [2.05, 4.69) is 54.6 Å². The van der Waals surface area contributed by atoms with Gasteiger partial charge >= 0.3 is 0 Å². The summed E-state index contributed by atoms with van der Waals surface area (Å²) in [6.07, 6.45) is 1.93.